The molecule has 1 saturated carbocycles. The molecule has 19 heavy (non-hydrogen) atoms. The number of carboxylic acids is 1. The maximum absolute atomic E-state index is 12.2. The summed E-state index contributed by atoms with van der Waals surface area (Å²) in [7, 11) is 1.67. The lowest BCUT2D eigenvalue weighted by Crippen LogP contribution is -2.56. The first-order chi connectivity index (χ1) is 8.99. The minimum Gasteiger partial charge on any atom is -0.480 e. The number of nitrogens with zero attached hydrogens (tertiary/aromatic N) is 2. The highest BCUT2D eigenvalue weighted by Crippen LogP contribution is 2.28. The molecule has 1 unspecified atom stereocenters. The zero-order chi connectivity index (χ0) is 14.0. The van der Waals surface area contributed by atoms with Gasteiger partial charge < -0.3 is 24.7 Å². The average molecular weight is 272 g/mol. The molecule has 108 valence electrons. The van der Waals surface area contributed by atoms with E-state index in [1.165, 1.54) is 9.80 Å². The van der Waals surface area contributed by atoms with Crippen LogP contribution in [0.25, 0.3) is 0 Å². The molecule has 2 fully saturated rings. The fourth-order valence-electron chi connectivity index (χ4n) is 2.57. The third-order valence-corrected chi connectivity index (χ3v) is 3.73. The van der Waals surface area contributed by atoms with Crippen molar-refractivity contribution >= 4 is 12.0 Å². The normalized spacial score (nSPS) is 30.6. The zero-order valence-electron chi connectivity index (χ0n) is 11.0. The molecule has 0 aromatic rings. The Kier molecular flexibility index (Phi) is 4.26. The highest BCUT2D eigenvalue weighted by atomic mass is 16.5. The van der Waals surface area contributed by atoms with Gasteiger partial charge in [0.2, 0.25) is 0 Å². The Labute approximate surface area is 111 Å². The van der Waals surface area contributed by atoms with Crippen LogP contribution in [0.2, 0.25) is 0 Å². The molecule has 2 rings (SSSR count). The molecule has 1 heterocycles. The quantitative estimate of drug-likeness (QED) is 0.729. The summed E-state index contributed by atoms with van der Waals surface area (Å²) in [5, 5.41) is 18.3. The third-order valence-electron chi connectivity index (χ3n) is 3.73. The fourth-order valence-corrected chi connectivity index (χ4v) is 2.57. The molecule has 2 aliphatic rings. The predicted octanol–water partition coefficient (Wildman–Crippen LogP) is -0.405. The standard InChI is InChI=1S/C12H20N2O5/c1-13(6-8-4-9(15)5-8)12(18)14-2-3-19-7-10(14)11(16)17/h8-10,15H,2-7H2,1H3,(H,16,17). The molecule has 1 aliphatic heterocycles. The highest BCUT2D eigenvalue weighted by Gasteiger charge is 2.36. The summed E-state index contributed by atoms with van der Waals surface area (Å²) >= 11 is 0. The Morgan fingerprint density at radius 1 is 1.42 bits per heavy atom. The summed E-state index contributed by atoms with van der Waals surface area (Å²) < 4.78 is 5.10. The lowest BCUT2D eigenvalue weighted by atomic mass is 9.82. The van der Waals surface area contributed by atoms with Crippen molar-refractivity contribution in [3.8, 4) is 0 Å². The largest absolute Gasteiger partial charge is 0.480 e. The molecule has 2 amide bonds. The van der Waals surface area contributed by atoms with Gasteiger partial charge in [-0.1, -0.05) is 0 Å². The second kappa shape index (κ2) is 5.75. The number of carbonyl (C=O) groups is 2. The van der Waals surface area contributed by atoms with Crippen molar-refractivity contribution in [2.75, 3.05) is 33.4 Å². The van der Waals surface area contributed by atoms with E-state index in [1.807, 2.05) is 0 Å². The van der Waals surface area contributed by atoms with Crippen molar-refractivity contribution in [3.05, 3.63) is 0 Å². The van der Waals surface area contributed by atoms with E-state index in [1.54, 1.807) is 7.05 Å². The van der Waals surface area contributed by atoms with Crippen LogP contribution < -0.4 is 0 Å². The summed E-state index contributed by atoms with van der Waals surface area (Å²) in [6, 6.07) is -1.19. The van der Waals surface area contributed by atoms with Gasteiger partial charge in [-0.2, -0.15) is 0 Å². The van der Waals surface area contributed by atoms with E-state index in [9.17, 15) is 14.7 Å². The number of amides is 2. The lowest BCUT2D eigenvalue weighted by Gasteiger charge is -2.39. The van der Waals surface area contributed by atoms with Crippen LogP contribution in [0.4, 0.5) is 4.79 Å². The Balaban J connectivity index is 1.90. The van der Waals surface area contributed by atoms with Crippen LogP contribution in [-0.2, 0) is 9.53 Å². The van der Waals surface area contributed by atoms with Crippen LogP contribution in [-0.4, -0.2) is 77.5 Å². The number of hydrogen-bond donors (Lipinski definition) is 2. The minimum atomic E-state index is -1.04. The molecule has 1 atom stereocenters. The SMILES string of the molecule is CN(CC1CC(O)C1)C(=O)N1CCOCC1C(=O)O. The molecule has 0 spiro atoms. The number of hydrogen-bond acceptors (Lipinski definition) is 4. The zero-order valence-corrected chi connectivity index (χ0v) is 11.0. The lowest BCUT2D eigenvalue weighted by molar-refractivity contribution is -0.147. The van der Waals surface area contributed by atoms with Gasteiger partial charge in [-0.15, -0.1) is 0 Å². The van der Waals surface area contributed by atoms with Crippen molar-refractivity contribution in [2.45, 2.75) is 25.0 Å². The molecule has 7 heteroatoms. The third kappa shape index (κ3) is 3.16. The molecule has 0 radical (unpaired) electrons. The van der Waals surface area contributed by atoms with Gasteiger partial charge in [0.1, 0.15) is 0 Å². The Hall–Kier alpha value is -1.34. The van der Waals surface area contributed by atoms with E-state index in [-0.39, 0.29) is 18.7 Å². The summed E-state index contributed by atoms with van der Waals surface area (Å²) in [5.41, 5.74) is 0. The molecule has 1 saturated heterocycles. The summed E-state index contributed by atoms with van der Waals surface area (Å²) in [6.07, 6.45) is 1.18. The number of urea groups is 1. The topological polar surface area (TPSA) is 90.3 Å². The van der Waals surface area contributed by atoms with Gasteiger partial charge in [-0.25, -0.2) is 9.59 Å². The second-order valence-electron chi connectivity index (χ2n) is 5.28. The molecule has 0 aromatic carbocycles. The summed E-state index contributed by atoms with van der Waals surface area (Å²) in [6.45, 7) is 1.26. The molecule has 0 aromatic heterocycles. The number of aliphatic hydroxyl groups is 1. The van der Waals surface area contributed by atoms with Crippen LogP contribution in [0, 0.1) is 5.92 Å². The van der Waals surface area contributed by atoms with Gasteiger partial charge in [0.05, 0.1) is 19.3 Å². The fraction of sp³-hybridized carbons (Fsp3) is 0.833. The maximum atomic E-state index is 12.2. The number of ether oxygens (including phenoxy) is 1. The Morgan fingerprint density at radius 2 is 2.11 bits per heavy atom. The van der Waals surface area contributed by atoms with Gasteiger partial charge in [-0.3, -0.25) is 0 Å². The molecule has 7 nitrogen and oxygen atoms in total. The van der Waals surface area contributed by atoms with Gasteiger partial charge in [-0.05, 0) is 18.8 Å². The van der Waals surface area contributed by atoms with Crippen LogP contribution in [0.1, 0.15) is 12.8 Å². The second-order valence-corrected chi connectivity index (χ2v) is 5.28. The van der Waals surface area contributed by atoms with Crippen molar-refractivity contribution in [2.24, 2.45) is 5.92 Å². The van der Waals surface area contributed by atoms with E-state index in [0.717, 1.165) is 0 Å². The predicted molar refractivity (Wildman–Crippen MR) is 65.7 cm³/mol. The molecule has 0 bridgehead atoms. The Bertz CT molecular complexity index is 356. The maximum Gasteiger partial charge on any atom is 0.328 e. The molecule has 2 N–H and O–H groups in total. The van der Waals surface area contributed by atoms with Crippen LogP contribution in [0.3, 0.4) is 0 Å². The molecular formula is C12H20N2O5. The number of aliphatic hydroxyl groups excluding tert-OH is 1. The van der Waals surface area contributed by atoms with Gasteiger partial charge in [0.25, 0.3) is 0 Å². The van der Waals surface area contributed by atoms with E-state index in [0.29, 0.717) is 38.5 Å². The number of rotatable bonds is 3. The first kappa shape index (κ1) is 14.1. The minimum absolute atomic E-state index is 0.0387. The van der Waals surface area contributed by atoms with Crippen molar-refractivity contribution in [1.82, 2.24) is 9.80 Å². The van der Waals surface area contributed by atoms with Gasteiger partial charge in [0, 0.05) is 20.1 Å². The van der Waals surface area contributed by atoms with E-state index >= 15 is 0 Å². The monoisotopic (exact) mass is 272 g/mol. The van der Waals surface area contributed by atoms with E-state index in [4.69, 9.17) is 9.84 Å². The number of aliphatic carboxylic acids is 1. The first-order valence-corrected chi connectivity index (χ1v) is 6.49. The average Bonchev–Trinajstić information content (AvgIpc) is 2.35. The smallest absolute Gasteiger partial charge is 0.328 e. The van der Waals surface area contributed by atoms with Crippen LogP contribution >= 0.6 is 0 Å². The first-order valence-electron chi connectivity index (χ1n) is 6.49. The summed E-state index contributed by atoms with van der Waals surface area (Å²) in [5.74, 6) is -0.728. The van der Waals surface area contributed by atoms with Gasteiger partial charge in [0.15, 0.2) is 6.04 Å². The molecule has 1 aliphatic carbocycles. The summed E-state index contributed by atoms with van der Waals surface area (Å²) in [4.78, 5) is 26.2. The number of carbonyl (C=O) groups excluding carboxylic acids is 1. The Morgan fingerprint density at radius 3 is 2.68 bits per heavy atom. The number of morpholine rings is 1. The van der Waals surface area contributed by atoms with E-state index in [2.05, 4.69) is 0 Å². The van der Waals surface area contributed by atoms with Crippen molar-refractivity contribution in [3.63, 3.8) is 0 Å². The highest BCUT2D eigenvalue weighted by molar-refractivity contribution is 5.83. The van der Waals surface area contributed by atoms with Crippen LogP contribution in [0.15, 0.2) is 0 Å². The van der Waals surface area contributed by atoms with Crippen LogP contribution in [0.5, 0.6) is 0 Å². The number of carboxylic acid groups (broad SMARTS) is 1. The van der Waals surface area contributed by atoms with Gasteiger partial charge >= 0.3 is 12.0 Å². The van der Waals surface area contributed by atoms with Crippen molar-refractivity contribution < 1.29 is 24.5 Å². The van der Waals surface area contributed by atoms with Crippen molar-refractivity contribution in [1.29, 1.82) is 0 Å². The van der Waals surface area contributed by atoms with E-state index < -0.39 is 12.0 Å². The molecular weight excluding hydrogens is 252 g/mol.